The average Bonchev–Trinajstić information content (AvgIpc) is 2.49. The van der Waals surface area contributed by atoms with E-state index in [4.69, 9.17) is 14.1 Å². The van der Waals surface area contributed by atoms with Crippen LogP contribution >= 0.6 is 0 Å². The molecule has 0 spiro atoms. The molecular formula is C17H24BO6. The van der Waals surface area contributed by atoms with Crippen LogP contribution in [-0.2, 0) is 25.5 Å². The predicted molar refractivity (Wildman–Crippen MR) is 90.1 cm³/mol. The minimum absolute atomic E-state index is 0.0505. The molecule has 0 saturated carbocycles. The van der Waals surface area contributed by atoms with Crippen LogP contribution in [0.3, 0.4) is 0 Å². The molecule has 6 nitrogen and oxygen atoms in total. The number of esters is 2. The van der Waals surface area contributed by atoms with Gasteiger partial charge >= 0.3 is 19.4 Å². The van der Waals surface area contributed by atoms with E-state index < -0.39 is 23.1 Å². The number of aliphatic hydroxyl groups is 1. The second-order valence-corrected chi connectivity index (χ2v) is 6.49. The Kier molecular flexibility index (Phi) is 6.57. The minimum Gasteiger partial charge on any atom is -0.465 e. The van der Waals surface area contributed by atoms with Gasteiger partial charge in [0.1, 0.15) is 6.61 Å². The molecule has 1 aromatic rings. The van der Waals surface area contributed by atoms with Gasteiger partial charge in [0.2, 0.25) is 0 Å². The van der Waals surface area contributed by atoms with Crippen LogP contribution in [0.25, 0.3) is 0 Å². The van der Waals surface area contributed by atoms with Crippen molar-refractivity contribution in [2.45, 2.75) is 52.4 Å². The van der Waals surface area contributed by atoms with Gasteiger partial charge in [-0.2, -0.15) is 0 Å². The predicted octanol–water partition coefficient (Wildman–Crippen LogP) is 1.35. The Hall–Kier alpha value is -1.86. The fourth-order valence-electron chi connectivity index (χ4n) is 1.62. The third kappa shape index (κ3) is 5.35. The van der Waals surface area contributed by atoms with Crippen molar-refractivity contribution in [3.8, 4) is 0 Å². The maximum atomic E-state index is 11.7. The minimum atomic E-state index is -1.08. The number of hydrogen-bond donors (Lipinski definition) is 1. The van der Waals surface area contributed by atoms with Gasteiger partial charge in [0, 0.05) is 6.92 Å². The van der Waals surface area contributed by atoms with E-state index in [1.807, 2.05) is 0 Å². The topological polar surface area (TPSA) is 82.1 Å². The first-order valence-electron chi connectivity index (χ1n) is 7.56. The Morgan fingerprint density at radius 1 is 1.21 bits per heavy atom. The molecule has 0 heterocycles. The van der Waals surface area contributed by atoms with Crippen molar-refractivity contribution < 1.29 is 28.8 Å². The fourth-order valence-corrected chi connectivity index (χ4v) is 1.62. The van der Waals surface area contributed by atoms with Gasteiger partial charge < -0.3 is 19.2 Å². The van der Waals surface area contributed by atoms with Crippen molar-refractivity contribution in [2.24, 2.45) is 0 Å². The third-order valence-corrected chi connectivity index (χ3v) is 3.95. The first kappa shape index (κ1) is 20.2. The quantitative estimate of drug-likeness (QED) is 0.598. The zero-order chi connectivity index (χ0) is 18.5. The molecule has 1 radical (unpaired) electrons. The molecule has 0 amide bonds. The largest absolute Gasteiger partial charge is 0.465 e. The van der Waals surface area contributed by atoms with E-state index in [1.165, 1.54) is 21.5 Å². The summed E-state index contributed by atoms with van der Waals surface area (Å²) in [6.07, 6.45) is 0. The van der Waals surface area contributed by atoms with Crippen molar-refractivity contribution in [1.29, 1.82) is 0 Å². The maximum absolute atomic E-state index is 11.7. The molecule has 0 aliphatic rings. The number of ether oxygens (including phenoxy) is 2. The molecule has 7 heteroatoms. The molecule has 0 aliphatic heterocycles. The van der Waals surface area contributed by atoms with Gasteiger partial charge in [-0.3, -0.25) is 4.79 Å². The molecule has 0 fully saturated rings. The molecule has 131 valence electrons. The van der Waals surface area contributed by atoms with Crippen molar-refractivity contribution >= 4 is 24.9 Å². The lowest BCUT2D eigenvalue weighted by Gasteiger charge is -2.37. The summed E-state index contributed by atoms with van der Waals surface area (Å²) < 4.78 is 15.5. The SMILES string of the molecule is COC(=O)c1ccc(COC(C)=O)c([B]OC(C)(C)C(C)(C)O)c1. The summed E-state index contributed by atoms with van der Waals surface area (Å²) in [5.41, 5.74) is -0.368. The van der Waals surface area contributed by atoms with Crippen LogP contribution in [0.2, 0.25) is 0 Å². The number of benzene rings is 1. The number of rotatable bonds is 7. The molecule has 0 atom stereocenters. The van der Waals surface area contributed by atoms with E-state index in [1.54, 1.807) is 45.9 Å². The highest BCUT2D eigenvalue weighted by molar-refractivity contribution is 6.48. The standard InChI is InChI=1S/C17H24BO6/c1-11(19)23-10-13-8-7-12(15(20)22-6)9-14(13)18-24-17(4,5)16(2,3)21/h7-9,21H,10H2,1-6H3. The van der Waals surface area contributed by atoms with Gasteiger partial charge in [0.05, 0.1) is 23.9 Å². The zero-order valence-corrected chi connectivity index (χ0v) is 15.0. The molecule has 1 N–H and O–H groups in total. The normalized spacial score (nSPS) is 11.8. The number of carbonyl (C=O) groups is 2. The van der Waals surface area contributed by atoms with Gasteiger partial charge in [0.15, 0.2) is 0 Å². The van der Waals surface area contributed by atoms with E-state index in [9.17, 15) is 14.7 Å². The van der Waals surface area contributed by atoms with Crippen LogP contribution in [-0.4, -0.2) is 42.8 Å². The van der Waals surface area contributed by atoms with Gasteiger partial charge in [-0.15, -0.1) is 0 Å². The van der Waals surface area contributed by atoms with Crippen molar-refractivity contribution in [2.75, 3.05) is 7.11 Å². The van der Waals surface area contributed by atoms with Crippen molar-refractivity contribution in [3.63, 3.8) is 0 Å². The Labute approximate surface area is 143 Å². The highest BCUT2D eigenvalue weighted by atomic mass is 16.5. The van der Waals surface area contributed by atoms with Crippen LogP contribution in [0.15, 0.2) is 18.2 Å². The van der Waals surface area contributed by atoms with Gasteiger partial charge in [0.25, 0.3) is 0 Å². The summed E-state index contributed by atoms with van der Waals surface area (Å²) in [6, 6.07) is 4.84. The molecule has 0 aromatic heterocycles. The van der Waals surface area contributed by atoms with E-state index in [2.05, 4.69) is 0 Å². The van der Waals surface area contributed by atoms with E-state index >= 15 is 0 Å². The van der Waals surface area contributed by atoms with E-state index in [-0.39, 0.29) is 6.61 Å². The molecule has 0 aliphatic carbocycles. The smallest absolute Gasteiger partial charge is 0.337 e. The van der Waals surface area contributed by atoms with Crippen LogP contribution in [0.5, 0.6) is 0 Å². The van der Waals surface area contributed by atoms with E-state index in [0.717, 1.165) is 0 Å². The summed E-state index contributed by atoms with van der Waals surface area (Å²) in [5, 5.41) is 10.2. The fraction of sp³-hybridized carbons (Fsp3) is 0.529. The monoisotopic (exact) mass is 335 g/mol. The summed E-state index contributed by atoms with van der Waals surface area (Å²) >= 11 is 0. The van der Waals surface area contributed by atoms with Gasteiger partial charge in [-0.25, -0.2) is 4.79 Å². The summed E-state index contributed by atoms with van der Waals surface area (Å²) in [6.45, 7) is 8.16. The first-order chi connectivity index (χ1) is 11.0. The molecular weight excluding hydrogens is 311 g/mol. The van der Waals surface area contributed by atoms with Crippen LogP contribution in [0.1, 0.15) is 50.5 Å². The van der Waals surface area contributed by atoms with E-state index in [0.29, 0.717) is 16.6 Å². The summed E-state index contributed by atoms with van der Waals surface area (Å²) in [5.74, 6) is -0.888. The van der Waals surface area contributed by atoms with Crippen LogP contribution < -0.4 is 5.46 Å². The lowest BCUT2D eigenvalue weighted by Crippen LogP contribution is -2.49. The maximum Gasteiger partial charge on any atom is 0.337 e. The molecule has 1 aromatic carbocycles. The molecule has 0 unspecified atom stereocenters. The number of carbonyl (C=O) groups excluding carboxylic acids is 2. The lowest BCUT2D eigenvalue weighted by molar-refractivity contribution is -0.142. The van der Waals surface area contributed by atoms with Crippen LogP contribution in [0.4, 0.5) is 0 Å². The Balaban J connectivity index is 3.06. The van der Waals surface area contributed by atoms with Crippen LogP contribution in [0, 0.1) is 0 Å². The molecule has 0 saturated heterocycles. The van der Waals surface area contributed by atoms with Gasteiger partial charge in [-0.05, 0) is 44.8 Å². The third-order valence-electron chi connectivity index (χ3n) is 3.95. The second kappa shape index (κ2) is 7.81. The van der Waals surface area contributed by atoms with Crippen molar-refractivity contribution in [1.82, 2.24) is 0 Å². The second-order valence-electron chi connectivity index (χ2n) is 6.49. The first-order valence-corrected chi connectivity index (χ1v) is 7.56. The average molecular weight is 335 g/mol. The van der Waals surface area contributed by atoms with Gasteiger partial charge in [-0.1, -0.05) is 12.1 Å². The number of hydrogen-bond acceptors (Lipinski definition) is 6. The molecule has 24 heavy (non-hydrogen) atoms. The highest BCUT2D eigenvalue weighted by Crippen LogP contribution is 2.24. The summed E-state index contributed by atoms with van der Waals surface area (Å²) in [7, 11) is 2.75. The Morgan fingerprint density at radius 3 is 2.33 bits per heavy atom. The Morgan fingerprint density at radius 2 is 1.83 bits per heavy atom. The Bertz CT molecular complexity index is 604. The molecule has 1 rings (SSSR count). The number of methoxy groups -OCH3 is 1. The summed E-state index contributed by atoms with van der Waals surface area (Å²) in [4.78, 5) is 22.7. The zero-order valence-electron chi connectivity index (χ0n) is 15.0. The lowest BCUT2D eigenvalue weighted by atomic mass is 9.79. The van der Waals surface area contributed by atoms with Crippen molar-refractivity contribution in [3.05, 3.63) is 29.3 Å². The molecule has 0 bridgehead atoms. The highest BCUT2D eigenvalue weighted by Gasteiger charge is 2.36.